The standard InChI is InChI=1S/C22H24N2O4/c1-14-19-13-21-20(27-10-3-11-28-21)12-17(19)8-9-24(14)22(26)16-4-6-18(7-5-16)23-15(2)25/h4-7,12-14H,3,8-11H2,1-2H3,(H,23,25)/t14-/m0/s1. The third kappa shape index (κ3) is 3.54. The third-order valence-corrected chi connectivity index (χ3v) is 5.26. The number of ether oxygens (including phenoxy) is 2. The summed E-state index contributed by atoms with van der Waals surface area (Å²) in [7, 11) is 0. The SMILES string of the molecule is CC(=O)Nc1ccc(C(=O)N2CCc3cc4c(cc3[C@@H]2C)OCCCO4)cc1. The molecule has 0 aliphatic carbocycles. The molecule has 0 bridgehead atoms. The van der Waals surface area contributed by atoms with E-state index in [0.29, 0.717) is 31.0 Å². The number of carbonyl (C=O) groups excluding carboxylic acids is 2. The number of rotatable bonds is 2. The molecule has 0 saturated carbocycles. The molecule has 2 aromatic rings. The summed E-state index contributed by atoms with van der Waals surface area (Å²) in [5, 5.41) is 2.72. The largest absolute Gasteiger partial charge is 0.490 e. The van der Waals surface area contributed by atoms with E-state index in [2.05, 4.69) is 11.4 Å². The normalized spacial score (nSPS) is 18.1. The number of benzene rings is 2. The number of carbonyl (C=O) groups is 2. The van der Waals surface area contributed by atoms with Gasteiger partial charge >= 0.3 is 0 Å². The molecule has 2 heterocycles. The van der Waals surface area contributed by atoms with Gasteiger partial charge in [-0.2, -0.15) is 0 Å². The van der Waals surface area contributed by atoms with Gasteiger partial charge in [-0.25, -0.2) is 0 Å². The molecule has 2 aliphatic heterocycles. The first-order chi connectivity index (χ1) is 13.5. The molecule has 2 aromatic carbocycles. The van der Waals surface area contributed by atoms with Crippen molar-refractivity contribution in [1.82, 2.24) is 4.90 Å². The zero-order valence-electron chi connectivity index (χ0n) is 16.2. The van der Waals surface area contributed by atoms with E-state index >= 15 is 0 Å². The summed E-state index contributed by atoms with van der Waals surface area (Å²) in [4.78, 5) is 26.1. The van der Waals surface area contributed by atoms with Gasteiger partial charge in [0, 0.05) is 31.1 Å². The summed E-state index contributed by atoms with van der Waals surface area (Å²) < 4.78 is 11.6. The Bertz CT molecular complexity index is 907. The zero-order valence-corrected chi connectivity index (χ0v) is 16.2. The minimum Gasteiger partial charge on any atom is -0.490 e. The van der Waals surface area contributed by atoms with Crippen LogP contribution in [0.2, 0.25) is 0 Å². The first kappa shape index (κ1) is 18.3. The number of amides is 2. The molecule has 2 aliphatic rings. The molecule has 0 saturated heterocycles. The Labute approximate surface area is 164 Å². The fourth-order valence-corrected chi connectivity index (χ4v) is 3.82. The van der Waals surface area contributed by atoms with Gasteiger partial charge in [0.2, 0.25) is 5.91 Å². The van der Waals surface area contributed by atoms with Crippen LogP contribution in [0.3, 0.4) is 0 Å². The van der Waals surface area contributed by atoms with Crippen LogP contribution in [0.5, 0.6) is 11.5 Å². The average Bonchev–Trinajstić information content (AvgIpc) is 2.91. The first-order valence-electron chi connectivity index (χ1n) is 9.64. The van der Waals surface area contributed by atoms with Crippen molar-refractivity contribution in [3.63, 3.8) is 0 Å². The minimum absolute atomic E-state index is 0.0142. The molecule has 6 heteroatoms. The predicted octanol–water partition coefficient (Wildman–Crippen LogP) is 3.57. The van der Waals surface area contributed by atoms with Crippen LogP contribution in [0, 0.1) is 0 Å². The number of hydrogen-bond acceptors (Lipinski definition) is 4. The predicted molar refractivity (Wildman–Crippen MR) is 106 cm³/mol. The van der Waals surface area contributed by atoms with Crippen LogP contribution in [0.4, 0.5) is 5.69 Å². The van der Waals surface area contributed by atoms with Gasteiger partial charge in [-0.1, -0.05) is 0 Å². The molecule has 6 nitrogen and oxygen atoms in total. The van der Waals surface area contributed by atoms with E-state index in [1.54, 1.807) is 24.3 Å². The molecule has 0 unspecified atom stereocenters. The number of nitrogens with zero attached hydrogens (tertiary/aromatic N) is 1. The van der Waals surface area contributed by atoms with Crippen LogP contribution >= 0.6 is 0 Å². The monoisotopic (exact) mass is 380 g/mol. The number of hydrogen-bond donors (Lipinski definition) is 1. The Morgan fingerprint density at radius 2 is 1.75 bits per heavy atom. The van der Waals surface area contributed by atoms with Crippen molar-refractivity contribution in [1.29, 1.82) is 0 Å². The molecule has 1 atom stereocenters. The topological polar surface area (TPSA) is 67.9 Å². The maximum atomic E-state index is 13.1. The van der Waals surface area contributed by atoms with Crippen molar-refractivity contribution in [3.8, 4) is 11.5 Å². The van der Waals surface area contributed by atoms with E-state index in [9.17, 15) is 9.59 Å². The molecule has 146 valence electrons. The highest BCUT2D eigenvalue weighted by atomic mass is 16.5. The van der Waals surface area contributed by atoms with Gasteiger partial charge < -0.3 is 19.7 Å². The van der Waals surface area contributed by atoms with E-state index in [-0.39, 0.29) is 17.9 Å². The lowest BCUT2D eigenvalue weighted by atomic mass is 9.92. The second-order valence-corrected chi connectivity index (χ2v) is 7.23. The molecule has 0 fully saturated rings. The van der Waals surface area contributed by atoms with E-state index < -0.39 is 0 Å². The van der Waals surface area contributed by atoms with Crippen LogP contribution in [0.15, 0.2) is 36.4 Å². The summed E-state index contributed by atoms with van der Waals surface area (Å²) in [5.74, 6) is 1.42. The van der Waals surface area contributed by atoms with Crippen LogP contribution in [0.1, 0.15) is 47.8 Å². The van der Waals surface area contributed by atoms with Crippen molar-refractivity contribution >= 4 is 17.5 Å². The highest BCUT2D eigenvalue weighted by Crippen LogP contribution is 2.39. The fraction of sp³-hybridized carbons (Fsp3) is 0.364. The van der Waals surface area contributed by atoms with Gasteiger partial charge in [-0.15, -0.1) is 0 Å². The minimum atomic E-state index is -0.134. The van der Waals surface area contributed by atoms with Gasteiger partial charge in [0.15, 0.2) is 11.5 Å². The Morgan fingerprint density at radius 3 is 2.43 bits per heavy atom. The smallest absolute Gasteiger partial charge is 0.254 e. The summed E-state index contributed by atoms with van der Waals surface area (Å²) in [6, 6.07) is 11.1. The van der Waals surface area contributed by atoms with Crippen LogP contribution in [-0.4, -0.2) is 36.5 Å². The van der Waals surface area contributed by atoms with Crippen molar-refractivity contribution in [2.24, 2.45) is 0 Å². The van der Waals surface area contributed by atoms with Gasteiger partial charge in [-0.3, -0.25) is 9.59 Å². The maximum Gasteiger partial charge on any atom is 0.254 e. The first-order valence-corrected chi connectivity index (χ1v) is 9.64. The highest BCUT2D eigenvalue weighted by molar-refractivity contribution is 5.96. The molecule has 0 radical (unpaired) electrons. The second-order valence-electron chi connectivity index (χ2n) is 7.23. The van der Waals surface area contributed by atoms with Gasteiger partial charge in [0.25, 0.3) is 5.91 Å². The highest BCUT2D eigenvalue weighted by Gasteiger charge is 2.30. The van der Waals surface area contributed by atoms with Crippen molar-refractivity contribution < 1.29 is 19.1 Å². The summed E-state index contributed by atoms with van der Waals surface area (Å²) >= 11 is 0. The van der Waals surface area contributed by atoms with Gasteiger partial charge in [0.1, 0.15) is 0 Å². The molecule has 0 spiro atoms. The number of fused-ring (bicyclic) bond motifs is 2. The summed E-state index contributed by atoms with van der Waals surface area (Å²) in [5.41, 5.74) is 3.61. The van der Waals surface area contributed by atoms with E-state index in [1.165, 1.54) is 12.5 Å². The zero-order chi connectivity index (χ0) is 19.7. The van der Waals surface area contributed by atoms with Crippen LogP contribution < -0.4 is 14.8 Å². The van der Waals surface area contributed by atoms with Crippen LogP contribution in [0.25, 0.3) is 0 Å². The Kier molecular flexibility index (Phi) is 4.94. The lowest BCUT2D eigenvalue weighted by molar-refractivity contribution is -0.114. The Balaban J connectivity index is 1.56. The van der Waals surface area contributed by atoms with Gasteiger partial charge in [-0.05, 0) is 60.9 Å². The average molecular weight is 380 g/mol. The molecular formula is C22H24N2O4. The van der Waals surface area contributed by atoms with Crippen molar-refractivity contribution in [3.05, 3.63) is 53.1 Å². The van der Waals surface area contributed by atoms with E-state index in [1.807, 2.05) is 17.9 Å². The Hall–Kier alpha value is -3.02. The van der Waals surface area contributed by atoms with Crippen molar-refractivity contribution in [2.45, 2.75) is 32.7 Å². The number of anilines is 1. The lowest BCUT2D eigenvalue weighted by Gasteiger charge is -2.36. The second kappa shape index (κ2) is 7.54. The molecule has 1 N–H and O–H groups in total. The van der Waals surface area contributed by atoms with E-state index in [4.69, 9.17) is 9.47 Å². The molecular weight excluding hydrogens is 356 g/mol. The van der Waals surface area contributed by atoms with Crippen LogP contribution in [-0.2, 0) is 11.2 Å². The fourth-order valence-electron chi connectivity index (χ4n) is 3.82. The maximum absolute atomic E-state index is 13.1. The van der Waals surface area contributed by atoms with E-state index in [0.717, 1.165) is 29.9 Å². The molecule has 0 aromatic heterocycles. The molecule has 28 heavy (non-hydrogen) atoms. The summed E-state index contributed by atoms with van der Waals surface area (Å²) in [6.07, 6.45) is 1.65. The molecule has 4 rings (SSSR count). The lowest BCUT2D eigenvalue weighted by Crippen LogP contribution is -2.38. The third-order valence-electron chi connectivity index (χ3n) is 5.26. The summed E-state index contributed by atoms with van der Waals surface area (Å²) in [6.45, 7) is 5.47. The number of nitrogens with one attached hydrogen (secondary N) is 1. The van der Waals surface area contributed by atoms with Crippen molar-refractivity contribution in [2.75, 3.05) is 25.1 Å². The Morgan fingerprint density at radius 1 is 1.07 bits per heavy atom. The van der Waals surface area contributed by atoms with Gasteiger partial charge in [0.05, 0.1) is 19.3 Å². The quantitative estimate of drug-likeness (QED) is 0.865. The molecule has 2 amide bonds.